The molecule has 3 atom stereocenters. The Kier molecular flexibility index (Phi) is 5.36. The molecular weight excluding hydrogens is 447 g/mol. The van der Waals surface area contributed by atoms with E-state index in [9.17, 15) is 18.0 Å². The summed E-state index contributed by atoms with van der Waals surface area (Å²) in [7, 11) is 0. The smallest absolute Gasteiger partial charge is 0.425 e. The van der Waals surface area contributed by atoms with E-state index in [1.54, 1.807) is 25.7 Å². The molecular formula is C18H23BrF3NO3S. The Balaban J connectivity index is 1.86. The van der Waals surface area contributed by atoms with Crippen LogP contribution in [0.3, 0.4) is 0 Å². The van der Waals surface area contributed by atoms with Gasteiger partial charge in [-0.3, -0.25) is 0 Å². The Morgan fingerprint density at radius 3 is 2.63 bits per heavy atom. The number of carbonyl (C=O) groups excluding carboxylic acids is 1. The Labute approximate surface area is 169 Å². The molecule has 0 aliphatic carbocycles. The minimum atomic E-state index is -4.38. The van der Waals surface area contributed by atoms with Gasteiger partial charge in [0, 0.05) is 23.9 Å². The van der Waals surface area contributed by atoms with Crippen molar-refractivity contribution >= 4 is 33.4 Å². The number of alkyl halides is 4. The molecule has 0 radical (unpaired) electrons. The molecule has 1 aromatic heterocycles. The number of fused-ring (bicyclic) bond motifs is 2. The number of nitrogens with zero attached hydrogens (tertiary/aromatic N) is 1. The summed E-state index contributed by atoms with van der Waals surface area (Å²) in [6.45, 7) is 7.97. The third-order valence-electron chi connectivity index (χ3n) is 4.86. The predicted molar refractivity (Wildman–Crippen MR) is 100 cm³/mol. The fourth-order valence-corrected chi connectivity index (χ4v) is 5.44. The van der Waals surface area contributed by atoms with Crippen LogP contribution in [0.2, 0.25) is 0 Å². The molecule has 1 saturated heterocycles. The lowest BCUT2D eigenvalue weighted by molar-refractivity contribution is -0.134. The summed E-state index contributed by atoms with van der Waals surface area (Å²) in [6, 6.07) is 1.02. The number of thiophene rings is 1. The van der Waals surface area contributed by atoms with Crippen LogP contribution < -0.4 is 0 Å². The van der Waals surface area contributed by atoms with Gasteiger partial charge in [-0.25, -0.2) is 4.79 Å². The van der Waals surface area contributed by atoms with E-state index in [4.69, 9.17) is 9.47 Å². The van der Waals surface area contributed by atoms with E-state index in [0.29, 0.717) is 36.4 Å². The highest BCUT2D eigenvalue weighted by atomic mass is 79.9. The van der Waals surface area contributed by atoms with E-state index in [-0.39, 0.29) is 10.9 Å². The van der Waals surface area contributed by atoms with Gasteiger partial charge in [-0.05, 0) is 45.7 Å². The molecule has 4 nitrogen and oxygen atoms in total. The number of halogens is 4. The molecule has 1 spiro atoms. The van der Waals surface area contributed by atoms with E-state index >= 15 is 0 Å². The quantitative estimate of drug-likeness (QED) is 0.447. The first-order valence-corrected chi connectivity index (χ1v) is 10.5. The molecule has 2 aliphatic heterocycles. The molecule has 0 aromatic carbocycles. The van der Waals surface area contributed by atoms with Crippen LogP contribution in [0.4, 0.5) is 18.0 Å². The van der Waals surface area contributed by atoms with Crippen molar-refractivity contribution in [3.8, 4) is 0 Å². The van der Waals surface area contributed by atoms with E-state index in [0.717, 1.165) is 11.3 Å². The van der Waals surface area contributed by atoms with Crippen LogP contribution in [0.25, 0.3) is 0 Å². The van der Waals surface area contributed by atoms with Crippen molar-refractivity contribution in [2.45, 2.75) is 68.8 Å². The van der Waals surface area contributed by atoms with Gasteiger partial charge in [0.1, 0.15) is 10.5 Å². The second-order valence-electron chi connectivity index (χ2n) is 8.14. The van der Waals surface area contributed by atoms with Gasteiger partial charge in [0.05, 0.1) is 17.0 Å². The zero-order valence-electron chi connectivity index (χ0n) is 15.7. The fourth-order valence-electron chi connectivity index (χ4n) is 3.70. The monoisotopic (exact) mass is 469 g/mol. The number of amides is 1. The zero-order valence-corrected chi connectivity index (χ0v) is 18.1. The maximum atomic E-state index is 13.2. The highest BCUT2D eigenvalue weighted by molar-refractivity contribution is 9.09. The van der Waals surface area contributed by atoms with Crippen LogP contribution in [-0.4, -0.2) is 35.8 Å². The average Bonchev–Trinajstić information content (AvgIpc) is 2.97. The average molecular weight is 470 g/mol. The molecule has 1 fully saturated rings. The summed E-state index contributed by atoms with van der Waals surface area (Å²) in [5.74, 6) is 0. The van der Waals surface area contributed by atoms with Crippen LogP contribution in [0, 0.1) is 0 Å². The van der Waals surface area contributed by atoms with Gasteiger partial charge < -0.3 is 14.4 Å². The highest BCUT2D eigenvalue weighted by Gasteiger charge is 2.49. The lowest BCUT2D eigenvalue weighted by Gasteiger charge is -2.47. The van der Waals surface area contributed by atoms with Crippen molar-refractivity contribution in [3.63, 3.8) is 0 Å². The minimum absolute atomic E-state index is 0.206. The first-order chi connectivity index (χ1) is 12.3. The first kappa shape index (κ1) is 20.9. The topological polar surface area (TPSA) is 38.8 Å². The summed E-state index contributed by atoms with van der Waals surface area (Å²) in [6.07, 6.45) is -3.90. The van der Waals surface area contributed by atoms with Crippen LogP contribution >= 0.6 is 27.3 Å². The fraction of sp³-hybridized carbons (Fsp3) is 0.722. The summed E-state index contributed by atoms with van der Waals surface area (Å²) < 4.78 is 51.3. The van der Waals surface area contributed by atoms with Gasteiger partial charge in [-0.1, -0.05) is 15.9 Å². The lowest BCUT2D eigenvalue weighted by atomic mass is 9.79. The number of carbonyl (C=O) groups is 1. The molecule has 0 saturated carbocycles. The highest BCUT2D eigenvalue weighted by Crippen LogP contribution is 2.52. The third kappa shape index (κ3) is 4.15. The summed E-state index contributed by atoms with van der Waals surface area (Å²) in [5.41, 5.74) is -0.792. The van der Waals surface area contributed by atoms with Crippen LogP contribution in [0.15, 0.2) is 6.07 Å². The molecule has 2 aliphatic rings. The second kappa shape index (κ2) is 6.91. The van der Waals surface area contributed by atoms with Crippen molar-refractivity contribution in [2.24, 2.45) is 0 Å². The number of piperidine rings is 1. The van der Waals surface area contributed by atoms with Crippen LogP contribution in [-0.2, 0) is 21.3 Å². The van der Waals surface area contributed by atoms with Gasteiger partial charge in [-0.15, -0.1) is 11.3 Å². The van der Waals surface area contributed by atoms with Crippen LogP contribution in [0.5, 0.6) is 0 Å². The second-order valence-corrected chi connectivity index (χ2v) is 10.3. The van der Waals surface area contributed by atoms with Crippen molar-refractivity contribution in [1.29, 1.82) is 0 Å². The van der Waals surface area contributed by atoms with E-state index in [1.165, 1.54) is 6.07 Å². The van der Waals surface area contributed by atoms with Gasteiger partial charge >= 0.3 is 12.3 Å². The zero-order chi connectivity index (χ0) is 20.2. The van der Waals surface area contributed by atoms with E-state index in [1.807, 2.05) is 6.92 Å². The lowest BCUT2D eigenvalue weighted by Crippen LogP contribution is -2.53. The Morgan fingerprint density at radius 1 is 1.41 bits per heavy atom. The summed E-state index contributed by atoms with van der Waals surface area (Å²) in [4.78, 5) is 13.9. The molecule has 1 aromatic rings. The van der Waals surface area contributed by atoms with Crippen molar-refractivity contribution in [2.75, 3.05) is 13.2 Å². The summed E-state index contributed by atoms with van der Waals surface area (Å²) >= 11 is 4.21. The van der Waals surface area contributed by atoms with Crippen LogP contribution in [0.1, 0.15) is 60.7 Å². The molecule has 1 unspecified atom stereocenters. The number of hydrogen-bond donors (Lipinski definition) is 0. The van der Waals surface area contributed by atoms with Crippen molar-refractivity contribution in [1.82, 2.24) is 4.90 Å². The molecule has 9 heteroatoms. The van der Waals surface area contributed by atoms with E-state index in [2.05, 4.69) is 15.9 Å². The first-order valence-electron chi connectivity index (χ1n) is 8.81. The molecule has 3 heterocycles. The van der Waals surface area contributed by atoms with E-state index < -0.39 is 28.3 Å². The van der Waals surface area contributed by atoms with Crippen molar-refractivity contribution in [3.05, 3.63) is 21.4 Å². The molecule has 152 valence electrons. The summed E-state index contributed by atoms with van der Waals surface area (Å²) in [5, 5.41) is 0. The maximum Gasteiger partial charge on any atom is 0.425 e. The largest absolute Gasteiger partial charge is 0.444 e. The molecule has 0 N–H and O–H groups in total. The standard InChI is InChI=1S/C18H23BrF3NO3S/c1-10-8-17(5-6-23(10)15(24)26-16(2,3)4)11-7-13(18(20,21)22)27-14(11)12(19)9-25-17/h7,10,12H,5-6,8-9H2,1-4H3/t10-,12?,17+/m0/s1. The Hall–Kier alpha value is -0.800. The predicted octanol–water partition coefficient (Wildman–Crippen LogP) is 5.85. The van der Waals surface area contributed by atoms with Gasteiger partial charge in [0.15, 0.2) is 0 Å². The molecule has 27 heavy (non-hydrogen) atoms. The minimum Gasteiger partial charge on any atom is -0.444 e. The normalized spacial score (nSPS) is 29.0. The number of hydrogen-bond acceptors (Lipinski definition) is 4. The van der Waals surface area contributed by atoms with Gasteiger partial charge in [0.25, 0.3) is 0 Å². The van der Waals surface area contributed by atoms with Gasteiger partial charge in [0.2, 0.25) is 0 Å². The Morgan fingerprint density at radius 2 is 2.07 bits per heavy atom. The molecule has 0 bridgehead atoms. The molecule has 1 amide bonds. The Bertz CT molecular complexity index is 730. The molecule has 3 rings (SSSR count). The SMILES string of the molecule is C[C@H]1C[C@@]2(CCN1C(=O)OC(C)(C)C)OCC(Br)c1sc(C(F)(F)F)cc12. The third-order valence-corrected chi connectivity index (χ3v) is 7.18. The maximum absolute atomic E-state index is 13.2. The number of rotatable bonds is 0. The van der Waals surface area contributed by atoms with Crippen molar-refractivity contribution < 1.29 is 27.4 Å². The number of likely N-dealkylation sites (tertiary alicyclic amines) is 1. The van der Waals surface area contributed by atoms with Gasteiger partial charge in [-0.2, -0.15) is 13.2 Å². The number of ether oxygens (including phenoxy) is 2.